The third-order valence-corrected chi connectivity index (χ3v) is 4.08. The number of nitriles is 1. The summed E-state index contributed by atoms with van der Waals surface area (Å²) in [6.45, 7) is 4.48. The summed E-state index contributed by atoms with van der Waals surface area (Å²) >= 11 is 0. The summed E-state index contributed by atoms with van der Waals surface area (Å²) < 4.78 is 0. The molecule has 1 amide bonds. The second kappa shape index (κ2) is 6.09. The first-order valence-corrected chi connectivity index (χ1v) is 7.27. The maximum Gasteiger partial charge on any atom is 0.242 e. The van der Waals surface area contributed by atoms with Crippen LogP contribution in [0.15, 0.2) is 30.3 Å². The van der Waals surface area contributed by atoms with Crippen LogP contribution in [0.25, 0.3) is 0 Å². The van der Waals surface area contributed by atoms with E-state index in [0.29, 0.717) is 0 Å². The van der Waals surface area contributed by atoms with Crippen LogP contribution in [0.2, 0.25) is 0 Å². The van der Waals surface area contributed by atoms with Gasteiger partial charge in [0.15, 0.2) is 0 Å². The van der Waals surface area contributed by atoms with Crippen molar-refractivity contribution in [3.05, 3.63) is 35.9 Å². The van der Waals surface area contributed by atoms with Crippen molar-refractivity contribution in [1.82, 2.24) is 5.32 Å². The van der Waals surface area contributed by atoms with Gasteiger partial charge in [-0.1, -0.05) is 50.6 Å². The number of hydrogen-bond acceptors (Lipinski definition) is 2. The van der Waals surface area contributed by atoms with E-state index in [1.165, 1.54) is 6.42 Å². The Labute approximate surface area is 121 Å². The molecule has 0 heterocycles. The van der Waals surface area contributed by atoms with E-state index in [-0.39, 0.29) is 17.4 Å². The summed E-state index contributed by atoms with van der Waals surface area (Å²) in [5, 5.41) is 12.3. The van der Waals surface area contributed by atoms with Crippen LogP contribution in [0.4, 0.5) is 0 Å². The zero-order valence-corrected chi connectivity index (χ0v) is 12.2. The van der Waals surface area contributed by atoms with Crippen molar-refractivity contribution in [2.45, 2.75) is 51.5 Å². The second-order valence-electron chi connectivity index (χ2n) is 6.44. The maximum absolute atomic E-state index is 12.3. The molecule has 3 nitrogen and oxygen atoms in total. The predicted octanol–water partition coefficient (Wildman–Crippen LogP) is 3.38. The lowest BCUT2D eigenvalue weighted by atomic mass is 9.75. The summed E-state index contributed by atoms with van der Waals surface area (Å²) in [6, 6.07) is 11.6. The predicted molar refractivity (Wildman–Crippen MR) is 79.0 cm³/mol. The van der Waals surface area contributed by atoms with Gasteiger partial charge in [0, 0.05) is 6.04 Å². The molecule has 0 spiro atoms. The first-order chi connectivity index (χ1) is 9.52. The van der Waals surface area contributed by atoms with Crippen LogP contribution in [-0.4, -0.2) is 11.9 Å². The molecule has 106 valence electrons. The molecule has 1 saturated carbocycles. The highest BCUT2D eigenvalue weighted by Gasteiger charge is 2.30. The zero-order chi connectivity index (χ0) is 14.6. The summed E-state index contributed by atoms with van der Waals surface area (Å²) in [7, 11) is 0. The Kier molecular flexibility index (Phi) is 4.44. The molecule has 1 fully saturated rings. The summed E-state index contributed by atoms with van der Waals surface area (Å²) in [5.74, 6) is -0.873. The molecule has 1 aromatic carbocycles. The minimum absolute atomic E-state index is 0.165. The van der Waals surface area contributed by atoms with Crippen LogP contribution in [0.3, 0.4) is 0 Å². The Morgan fingerprint density at radius 3 is 2.70 bits per heavy atom. The molecule has 0 radical (unpaired) electrons. The number of nitrogens with zero attached hydrogens (tertiary/aromatic N) is 1. The largest absolute Gasteiger partial charge is 0.352 e. The highest BCUT2D eigenvalue weighted by Crippen LogP contribution is 2.35. The van der Waals surface area contributed by atoms with Crippen molar-refractivity contribution in [3.8, 4) is 6.07 Å². The fraction of sp³-hybridized carbons (Fsp3) is 0.529. The molecule has 0 saturated heterocycles. The first kappa shape index (κ1) is 14.6. The Bertz CT molecular complexity index is 501. The number of amides is 1. The molecule has 0 bridgehead atoms. The number of rotatable bonds is 3. The van der Waals surface area contributed by atoms with Crippen LogP contribution >= 0.6 is 0 Å². The fourth-order valence-electron chi connectivity index (χ4n) is 3.04. The molecule has 0 aliphatic heterocycles. The van der Waals surface area contributed by atoms with Gasteiger partial charge in [-0.2, -0.15) is 5.26 Å². The van der Waals surface area contributed by atoms with Gasteiger partial charge in [-0.15, -0.1) is 0 Å². The SMILES string of the molecule is CC1(C)CCCC(NC(=O)C(C#N)c2ccccc2)C1. The number of carbonyl (C=O) groups excluding carboxylic acids is 1. The fourth-order valence-corrected chi connectivity index (χ4v) is 3.04. The third-order valence-electron chi connectivity index (χ3n) is 4.08. The standard InChI is InChI=1S/C17H22N2O/c1-17(2)10-6-9-14(11-17)19-16(20)15(12-18)13-7-4-3-5-8-13/h3-5,7-8,14-15H,6,9-11H2,1-2H3,(H,19,20). The normalized spacial score (nSPS) is 22.6. The van der Waals surface area contributed by atoms with E-state index < -0.39 is 5.92 Å². The topological polar surface area (TPSA) is 52.9 Å². The van der Waals surface area contributed by atoms with Gasteiger partial charge in [-0.3, -0.25) is 4.79 Å². The van der Waals surface area contributed by atoms with Crippen LogP contribution in [0.5, 0.6) is 0 Å². The van der Waals surface area contributed by atoms with Gasteiger partial charge < -0.3 is 5.32 Å². The van der Waals surface area contributed by atoms with Gasteiger partial charge in [0.05, 0.1) is 6.07 Å². The molecular formula is C17H22N2O. The zero-order valence-electron chi connectivity index (χ0n) is 12.2. The van der Waals surface area contributed by atoms with E-state index in [4.69, 9.17) is 0 Å². The van der Waals surface area contributed by atoms with Crippen LogP contribution < -0.4 is 5.32 Å². The number of benzene rings is 1. The molecular weight excluding hydrogens is 248 g/mol. The molecule has 1 aliphatic rings. The van der Waals surface area contributed by atoms with Gasteiger partial charge in [0.2, 0.25) is 5.91 Å². The van der Waals surface area contributed by atoms with Crippen molar-refractivity contribution < 1.29 is 4.79 Å². The van der Waals surface area contributed by atoms with E-state index in [9.17, 15) is 10.1 Å². The van der Waals surface area contributed by atoms with Crippen molar-refractivity contribution in [2.75, 3.05) is 0 Å². The molecule has 2 unspecified atom stereocenters. The van der Waals surface area contributed by atoms with Crippen molar-refractivity contribution in [3.63, 3.8) is 0 Å². The number of hydrogen-bond donors (Lipinski definition) is 1. The van der Waals surface area contributed by atoms with Gasteiger partial charge >= 0.3 is 0 Å². The third kappa shape index (κ3) is 3.60. The first-order valence-electron chi connectivity index (χ1n) is 7.27. The molecule has 1 N–H and O–H groups in total. The molecule has 1 aromatic rings. The summed E-state index contributed by atoms with van der Waals surface area (Å²) in [4.78, 5) is 12.3. The molecule has 2 rings (SSSR count). The van der Waals surface area contributed by atoms with E-state index >= 15 is 0 Å². The van der Waals surface area contributed by atoms with Gasteiger partial charge in [-0.05, 0) is 30.2 Å². The van der Waals surface area contributed by atoms with E-state index in [2.05, 4.69) is 25.2 Å². The Morgan fingerprint density at radius 1 is 1.40 bits per heavy atom. The summed E-state index contributed by atoms with van der Waals surface area (Å²) in [5.41, 5.74) is 1.05. The average molecular weight is 270 g/mol. The van der Waals surface area contributed by atoms with Gasteiger partial charge in [0.1, 0.15) is 5.92 Å². The average Bonchev–Trinajstić information content (AvgIpc) is 2.39. The lowest BCUT2D eigenvalue weighted by Crippen LogP contribution is -2.42. The Morgan fingerprint density at radius 2 is 2.10 bits per heavy atom. The highest BCUT2D eigenvalue weighted by atomic mass is 16.1. The van der Waals surface area contributed by atoms with E-state index in [1.807, 2.05) is 30.3 Å². The quantitative estimate of drug-likeness (QED) is 0.915. The lowest BCUT2D eigenvalue weighted by molar-refractivity contribution is -0.122. The van der Waals surface area contributed by atoms with Crippen molar-refractivity contribution >= 4 is 5.91 Å². The number of nitrogens with one attached hydrogen (secondary N) is 1. The minimum Gasteiger partial charge on any atom is -0.352 e. The molecule has 0 aromatic heterocycles. The van der Waals surface area contributed by atoms with Crippen LogP contribution in [-0.2, 0) is 4.79 Å². The second-order valence-corrected chi connectivity index (χ2v) is 6.44. The Balaban J connectivity index is 2.02. The molecule has 2 atom stereocenters. The smallest absolute Gasteiger partial charge is 0.242 e. The lowest BCUT2D eigenvalue weighted by Gasteiger charge is -2.35. The van der Waals surface area contributed by atoms with Crippen LogP contribution in [0.1, 0.15) is 51.0 Å². The van der Waals surface area contributed by atoms with Crippen molar-refractivity contribution in [1.29, 1.82) is 5.26 Å². The molecule has 1 aliphatic carbocycles. The highest BCUT2D eigenvalue weighted by molar-refractivity contribution is 5.86. The van der Waals surface area contributed by atoms with Gasteiger partial charge in [-0.25, -0.2) is 0 Å². The molecule has 20 heavy (non-hydrogen) atoms. The van der Waals surface area contributed by atoms with Crippen LogP contribution in [0, 0.1) is 16.7 Å². The monoisotopic (exact) mass is 270 g/mol. The minimum atomic E-state index is -0.707. The molecule has 3 heteroatoms. The van der Waals surface area contributed by atoms with E-state index in [0.717, 1.165) is 24.8 Å². The van der Waals surface area contributed by atoms with Crippen molar-refractivity contribution in [2.24, 2.45) is 5.41 Å². The summed E-state index contributed by atoms with van der Waals surface area (Å²) in [6.07, 6.45) is 4.36. The van der Waals surface area contributed by atoms with Gasteiger partial charge in [0.25, 0.3) is 0 Å². The number of carbonyl (C=O) groups is 1. The van der Waals surface area contributed by atoms with E-state index in [1.54, 1.807) is 0 Å². The Hall–Kier alpha value is -1.82. The maximum atomic E-state index is 12.3.